The molecule has 0 aliphatic heterocycles. The minimum Gasteiger partial charge on any atom is -0.325 e. The number of aromatic nitrogens is 1. The third kappa shape index (κ3) is 1.71. The molecule has 1 saturated carbocycles. The monoisotopic (exact) mass is 210 g/mol. The van der Waals surface area contributed by atoms with Crippen molar-refractivity contribution in [1.82, 2.24) is 4.98 Å². The Morgan fingerprint density at radius 1 is 1.50 bits per heavy atom. The smallest absolute Gasteiger partial charge is 0.107 e. The molecule has 78 valence electrons. The van der Waals surface area contributed by atoms with Crippen molar-refractivity contribution in [2.24, 2.45) is 5.73 Å². The van der Waals surface area contributed by atoms with Gasteiger partial charge in [-0.15, -0.1) is 11.3 Å². The van der Waals surface area contributed by atoms with Gasteiger partial charge in [-0.25, -0.2) is 4.98 Å². The van der Waals surface area contributed by atoms with Gasteiger partial charge in [0, 0.05) is 17.3 Å². The van der Waals surface area contributed by atoms with Crippen LogP contribution in [0.5, 0.6) is 0 Å². The summed E-state index contributed by atoms with van der Waals surface area (Å²) in [6.45, 7) is 5.09. The van der Waals surface area contributed by atoms with Crippen LogP contribution in [0.2, 0.25) is 0 Å². The van der Waals surface area contributed by atoms with Gasteiger partial charge in [0.05, 0.1) is 5.69 Å². The summed E-state index contributed by atoms with van der Waals surface area (Å²) in [4.78, 5) is 6.13. The molecule has 1 aliphatic carbocycles. The molecule has 2 rings (SSSR count). The second kappa shape index (κ2) is 3.99. The highest BCUT2D eigenvalue weighted by molar-refractivity contribution is 7.11. The average molecular weight is 210 g/mol. The Balaban J connectivity index is 2.30. The first-order valence-electron chi connectivity index (χ1n) is 5.42. The van der Waals surface area contributed by atoms with Crippen LogP contribution < -0.4 is 5.73 Å². The zero-order valence-electron chi connectivity index (χ0n) is 8.92. The highest BCUT2D eigenvalue weighted by Gasteiger charge is 2.26. The number of hydrogen-bond donors (Lipinski definition) is 1. The molecule has 1 aromatic rings. The number of thiazole rings is 1. The summed E-state index contributed by atoms with van der Waals surface area (Å²) in [5, 5.41) is 1.11. The number of rotatable bonds is 3. The van der Waals surface area contributed by atoms with Gasteiger partial charge in [0.15, 0.2) is 0 Å². The minimum atomic E-state index is 0.594. The van der Waals surface area contributed by atoms with E-state index in [1.54, 1.807) is 0 Å². The van der Waals surface area contributed by atoms with E-state index >= 15 is 0 Å². The molecular formula is C11H18N2S. The highest BCUT2D eigenvalue weighted by atomic mass is 32.1. The van der Waals surface area contributed by atoms with Crippen molar-refractivity contribution < 1.29 is 0 Å². The first kappa shape index (κ1) is 10.1. The Bertz CT molecular complexity index is 313. The van der Waals surface area contributed by atoms with Gasteiger partial charge in [-0.1, -0.05) is 20.3 Å². The Kier molecular flexibility index (Phi) is 2.88. The molecule has 2 nitrogen and oxygen atoms in total. The van der Waals surface area contributed by atoms with E-state index in [1.165, 1.54) is 29.8 Å². The number of nitrogens with zero attached hydrogens (tertiary/aromatic N) is 1. The van der Waals surface area contributed by atoms with Crippen molar-refractivity contribution in [2.75, 3.05) is 0 Å². The molecule has 1 aromatic heterocycles. The van der Waals surface area contributed by atoms with E-state index in [9.17, 15) is 0 Å². The van der Waals surface area contributed by atoms with E-state index in [0.717, 1.165) is 10.9 Å². The normalized spacial score (nSPS) is 17.4. The fourth-order valence-corrected chi connectivity index (χ4v) is 2.90. The van der Waals surface area contributed by atoms with E-state index in [-0.39, 0.29) is 0 Å². The average Bonchev–Trinajstić information content (AvgIpc) is 2.45. The Hall–Kier alpha value is -0.410. The Morgan fingerprint density at radius 2 is 2.21 bits per heavy atom. The first-order valence-corrected chi connectivity index (χ1v) is 6.23. The molecule has 0 unspecified atom stereocenters. The van der Waals surface area contributed by atoms with Crippen molar-refractivity contribution in [3.05, 3.63) is 15.6 Å². The molecule has 1 heterocycles. The van der Waals surface area contributed by atoms with Crippen LogP contribution in [0.25, 0.3) is 0 Å². The molecule has 0 atom stereocenters. The van der Waals surface area contributed by atoms with Gasteiger partial charge in [-0.3, -0.25) is 0 Å². The second-order valence-corrected chi connectivity index (χ2v) is 5.46. The summed E-state index contributed by atoms with van der Waals surface area (Å²) in [5.41, 5.74) is 7.00. The van der Waals surface area contributed by atoms with Crippen LogP contribution in [-0.2, 0) is 6.54 Å². The molecule has 1 fully saturated rings. The largest absolute Gasteiger partial charge is 0.325 e. The summed E-state index contributed by atoms with van der Waals surface area (Å²) in [5.74, 6) is 1.34. The zero-order chi connectivity index (χ0) is 10.1. The van der Waals surface area contributed by atoms with Gasteiger partial charge in [0.25, 0.3) is 0 Å². The molecule has 2 N–H and O–H groups in total. The third-order valence-corrected chi connectivity index (χ3v) is 4.31. The molecule has 0 bridgehead atoms. The van der Waals surface area contributed by atoms with Crippen molar-refractivity contribution >= 4 is 11.3 Å². The quantitative estimate of drug-likeness (QED) is 0.833. The lowest BCUT2D eigenvalue weighted by Gasteiger charge is -2.25. The van der Waals surface area contributed by atoms with E-state index in [0.29, 0.717) is 12.5 Å². The topological polar surface area (TPSA) is 38.9 Å². The van der Waals surface area contributed by atoms with Gasteiger partial charge in [0.1, 0.15) is 5.01 Å². The van der Waals surface area contributed by atoms with Gasteiger partial charge in [0.2, 0.25) is 0 Å². The summed E-state index contributed by atoms with van der Waals surface area (Å²) < 4.78 is 0. The fraction of sp³-hybridized carbons (Fsp3) is 0.727. The van der Waals surface area contributed by atoms with Crippen LogP contribution in [0, 0.1) is 0 Å². The van der Waals surface area contributed by atoms with Crippen LogP contribution in [0.3, 0.4) is 0 Å². The maximum atomic E-state index is 5.64. The SMILES string of the molecule is CC(C)c1sc(CN)nc1C1CCC1. The molecule has 0 radical (unpaired) electrons. The molecule has 1 aliphatic rings. The van der Waals surface area contributed by atoms with Gasteiger partial charge < -0.3 is 5.73 Å². The minimum absolute atomic E-state index is 0.594. The maximum Gasteiger partial charge on any atom is 0.107 e. The lowest BCUT2D eigenvalue weighted by atomic mass is 9.81. The maximum absolute atomic E-state index is 5.64. The fourth-order valence-electron chi connectivity index (χ4n) is 1.87. The van der Waals surface area contributed by atoms with Crippen molar-refractivity contribution in [3.63, 3.8) is 0 Å². The molecule has 0 aromatic carbocycles. The van der Waals surface area contributed by atoms with E-state index < -0.39 is 0 Å². The van der Waals surface area contributed by atoms with Crippen LogP contribution in [-0.4, -0.2) is 4.98 Å². The first-order chi connectivity index (χ1) is 6.72. The Labute approximate surface area is 89.5 Å². The van der Waals surface area contributed by atoms with Crippen molar-refractivity contribution in [2.45, 2.75) is 51.5 Å². The van der Waals surface area contributed by atoms with Gasteiger partial charge in [-0.2, -0.15) is 0 Å². The zero-order valence-corrected chi connectivity index (χ0v) is 9.73. The second-order valence-electron chi connectivity index (χ2n) is 4.34. The number of hydrogen-bond acceptors (Lipinski definition) is 3. The Morgan fingerprint density at radius 3 is 2.64 bits per heavy atom. The summed E-state index contributed by atoms with van der Waals surface area (Å²) >= 11 is 1.81. The summed E-state index contributed by atoms with van der Waals surface area (Å²) in [7, 11) is 0. The number of nitrogens with two attached hydrogens (primary N) is 1. The highest BCUT2D eigenvalue weighted by Crippen LogP contribution is 2.41. The molecule has 0 saturated heterocycles. The predicted octanol–water partition coefficient (Wildman–Crippen LogP) is 2.99. The van der Waals surface area contributed by atoms with Crippen LogP contribution in [0.15, 0.2) is 0 Å². The molecule has 0 spiro atoms. The van der Waals surface area contributed by atoms with Crippen LogP contribution >= 0.6 is 11.3 Å². The summed E-state index contributed by atoms with van der Waals surface area (Å²) in [6.07, 6.45) is 4.03. The van der Waals surface area contributed by atoms with Gasteiger partial charge in [-0.05, 0) is 18.8 Å². The standard InChI is InChI=1S/C11H18N2S/c1-7(2)11-10(8-4-3-5-8)13-9(6-12)14-11/h7-8H,3-6,12H2,1-2H3. The third-order valence-electron chi connectivity index (χ3n) is 2.92. The van der Waals surface area contributed by atoms with E-state index in [2.05, 4.69) is 18.8 Å². The summed E-state index contributed by atoms with van der Waals surface area (Å²) in [6, 6.07) is 0. The van der Waals surface area contributed by atoms with E-state index in [4.69, 9.17) is 5.73 Å². The van der Waals surface area contributed by atoms with Gasteiger partial charge >= 0.3 is 0 Å². The van der Waals surface area contributed by atoms with Crippen molar-refractivity contribution in [3.8, 4) is 0 Å². The van der Waals surface area contributed by atoms with Crippen LogP contribution in [0.4, 0.5) is 0 Å². The lowest BCUT2D eigenvalue weighted by Crippen LogP contribution is -2.11. The van der Waals surface area contributed by atoms with E-state index in [1.807, 2.05) is 11.3 Å². The molecule has 14 heavy (non-hydrogen) atoms. The molecular weight excluding hydrogens is 192 g/mol. The lowest BCUT2D eigenvalue weighted by molar-refractivity contribution is 0.409. The van der Waals surface area contributed by atoms with Crippen LogP contribution in [0.1, 0.15) is 60.5 Å². The van der Waals surface area contributed by atoms with Crippen molar-refractivity contribution in [1.29, 1.82) is 0 Å². The molecule has 0 amide bonds. The molecule has 3 heteroatoms. The predicted molar refractivity (Wildman–Crippen MR) is 60.7 cm³/mol.